The fourth-order valence-corrected chi connectivity index (χ4v) is 3.74. The van der Waals surface area contributed by atoms with Crippen LogP contribution in [0.5, 0.6) is 0 Å². The summed E-state index contributed by atoms with van der Waals surface area (Å²) in [5.41, 5.74) is 2.92. The van der Waals surface area contributed by atoms with Crippen molar-refractivity contribution >= 4 is 5.71 Å². The lowest BCUT2D eigenvalue weighted by Gasteiger charge is -2.44. The van der Waals surface area contributed by atoms with E-state index in [2.05, 4.69) is 36.0 Å². The monoisotopic (exact) mass is 341 g/mol. The molecule has 0 spiro atoms. The van der Waals surface area contributed by atoms with Crippen molar-refractivity contribution in [3.8, 4) is 0 Å². The zero-order chi connectivity index (χ0) is 17.6. The molecule has 1 aromatic rings. The molecule has 0 N–H and O–H groups in total. The molecule has 3 aliphatic rings. The number of methoxy groups -OCH3 is 1. The summed E-state index contributed by atoms with van der Waals surface area (Å²) < 4.78 is 18.7. The van der Waals surface area contributed by atoms with Crippen molar-refractivity contribution in [3.63, 3.8) is 0 Å². The quantitative estimate of drug-likeness (QED) is 0.817. The highest BCUT2D eigenvalue weighted by molar-refractivity contribution is 6.10. The molecule has 0 atom stereocenters. The summed E-state index contributed by atoms with van der Waals surface area (Å²) in [4.78, 5) is 4.83. The summed E-state index contributed by atoms with van der Waals surface area (Å²) in [7, 11) is 1.71. The number of rotatable bonds is 5. The number of ether oxygens (including phenoxy) is 1. The zero-order valence-corrected chi connectivity index (χ0v) is 15.0. The lowest BCUT2D eigenvalue weighted by atomic mass is 9.98. The Labute approximate surface area is 148 Å². The van der Waals surface area contributed by atoms with Crippen LogP contribution in [-0.4, -0.2) is 41.5 Å². The van der Waals surface area contributed by atoms with Crippen LogP contribution >= 0.6 is 0 Å². The van der Waals surface area contributed by atoms with Gasteiger partial charge in [0.05, 0.1) is 18.0 Å². The first-order valence-electron chi connectivity index (χ1n) is 8.82. The molecule has 4 nitrogen and oxygen atoms in total. The van der Waals surface area contributed by atoms with Gasteiger partial charge < -0.3 is 4.74 Å². The number of allylic oxidation sites excluding steroid dienone is 1. The first-order valence-corrected chi connectivity index (χ1v) is 8.82. The molecule has 0 aromatic heterocycles. The molecule has 2 heterocycles. The molecule has 4 rings (SSSR count). The number of fused-ring (bicyclic) bond motifs is 1. The summed E-state index contributed by atoms with van der Waals surface area (Å²) in [6, 6.07) is 6.48. The molecule has 25 heavy (non-hydrogen) atoms. The average molecular weight is 341 g/mol. The Balaban J connectivity index is 1.68. The van der Waals surface area contributed by atoms with Crippen LogP contribution in [0, 0.1) is 11.7 Å². The third-order valence-electron chi connectivity index (χ3n) is 5.39. The van der Waals surface area contributed by atoms with Crippen LogP contribution in [0.25, 0.3) is 0 Å². The van der Waals surface area contributed by atoms with Gasteiger partial charge in [0, 0.05) is 24.8 Å². The minimum absolute atomic E-state index is 0.0913. The van der Waals surface area contributed by atoms with Crippen molar-refractivity contribution in [2.45, 2.75) is 32.2 Å². The second-order valence-electron chi connectivity index (χ2n) is 7.46. The Morgan fingerprint density at radius 3 is 2.60 bits per heavy atom. The zero-order valence-electron chi connectivity index (χ0n) is 15.0. The molecular formula is C20H24FN3O. The summed E-state index contributed by atoms with van der Waals surface area (Å²) in [5, 5.41) is 4.60. The number of halogens is 1. The van der Waals surface area contributed by atoms with Gasteiger partial charge in [-0.2, -0.15) is 0 Å². The van der Waals surface area contributed by atoms with E-state index < -0.39 is 0 Å². The summed E-state index contributed by atoms with van der Waals surface area (Å²) >= 11 is 0. The molecule has 132 valence electrons. The maximum absolute atomic E-state index is 13.2. The largest absolute Gasteiger partial charge is 0.378 e. The Bertz CT molecular complexity index is 760. The maximum atomic E-state index is 13.2. The predicted molar refractivity (Wildman–Crippen MR) is 96.3 cm³/mol. The second-order valence-corrected chi connectivity index (χ2v) is 7.46. The minimum atomic E-state index is -0.236. The maximum Gasteiger partial charge on any atom is 0.145 e. The van der Waals surface area contributed by atoms with Gasteiger partial charge in [0.15, 0.2) is 0 Å². The van der Waals surface area contributed by atoms with Crippen LogP contribution < -0.4 is 0 Å². The van der Waals surface area contributed by atoms with Crippen molar-refractivity contribution < 1.29 is 9.13 Å². The Hall–Kier alpha value is -1.98. The smallest absolute Gasteiger partial charge is 0.145 e. The normalized spacial score (nSPS) is 21.0. The number of nitrogens with zero attached hydrogens (tertiary/aromatic N) is 3. The lowest BCUT2D eigenvalue weighted by Crippen LogP contribution is -2.53. The van der Waals surface area contributed by atoms with E-state index in [9.17, 15) is 4.39 Å². The van der Waals surface area contributed by atoms with Gasteiger partial charge in [-0.25, -0.2) is 14.4 Å². The van der Waals surface area contributed by atoms with Crippen molar-refractivity contribution in [3.05, 3.63) is 59.3 Å². The van der Waals surface area contributed by atoms with Gasteiger partial charge in [0.2, 0.25) is 0 Å². The average Bonchev–Trinajstić information content (AvgIpc) is 3.36. The number of hydrazine groups is 1. The van der Waals surface area contributed by atoms with Crippen molar-refractivity contribution in [1.82, 2.24) is 10.0 Å². The van der Waals surface area contributed by atoms with Gasteiger partial charge in [0.1, 0.15) is 11.6 Å². The summed E-state index contributed by atoms with van der Waals surface area (Å²) in [6.45, 7) is 5.98. The third-order valence-corrected chi connectivity index (χ3v) is 5.39. The van der Waals surface area contributed by atoms with Crippen LogP contribution in [0.2, 0.25) is 0 Å². The third kappa shape index (κ3) is 2.92. The lowest BCUT2D eigenvalue weighted by molar-refractivity contribution is -0.0434. The van der Waals surface area contributed by atoms with Crippen LogP contribution in [-0.2, 0) is 4.74 Å². The van der Waals surface area contributed by atoms with E-state index >= 15 is 0 Å². The first-order chi connectivity index (χ1) is 12.0. The Kier molecular flexibility index (Phi) is 4.01. The Morgan fingerprint density at radius 2 is 1.96 bits per heavy atom. The predicted octanol–water partition coefficient (Wildman–Crippen LogP) is 3.72. The molecule has 0 radical (unpaired) electrons. The number of benzene rings is 1. The fraction of sp³-hybridized carbons (Fsp3) is 0.450. The van der Waals surface area contributed by atoms with Gasteiger partial charge in [0.25, 0.3) is 0 Å². The number of hydrogen-bond acceptors (Lipinski definition) is 4. The molecule has 1 fully saturated rings. The van der Waals surface area contributed by atoms with E-state index in [1.807, 2.05) is 0 Å². The molecule has 0 saturated heterocycles. The minimum Gasteiger partial charge on any atom is -0.378 e. The first kappa shape index (κ1) is 16.5. The molecule has 1 aromatic carbocycles. The molecule has 1 saturated carbocycles. The summed E-state index contributed by atoms with van der Waals surface area (Å²) in [5.74, 6) is 1.43. The van der Waals surface area contributed by atoms with Gasteiger partial charge >= 0.3 is 0 Å². The highest BCUT2D eigenvalue weighted by Gasteiger charge is 2.47. The second kappa shape index (κ2) is 6.07. The fourth-order valence-electron chi connectivity index (χ4n) is 3.74. The molecule has 0 bridgehead atoms. The topological polar surface area (TPSA) is 28.1 Å². The molecule has 2 aliphatic heterocycles. The van der Waals surface area contributed by atoms with Crippen LogP contribution in [0.4, 0.5) is 4.39 Å². The van der Waals surface area contributed by atoms with Crippen molar-refractivity contribution in [1.29, 1.82) is 0 Å². The number of hydrogen-bond donors (Lipinski definition) is 0. The van der Waals surface area contributed by atoms with Crippen molar-refractivity contribution in [2.75, 3.05) is 20.3 Å². The molecule has 1 aliphatic carbocycles. The van der Waals surface area contributed by atoms with E-state index in [1.54, 1.807) is 19.2 Å². The van der Waals surface area contributed by atoms with E-state index in [0.717, 1.165) is 35.3 Å². The van der Waals surface area contributed by atoms with Crippen LogP contribution in [0.15, 0.2) is 52.9 Å². The Morgan fingerprint density at radius 1 is 1.24 bits per heavy atom. The van der Waals surface area contributed by atoms with Crippen molar-refractivity contribution in [2.24, 2.45) is 10.9 Å². The van der Waals surface area contributed by atoms with Gasteiger partial charge in [-0.1, -0.05) is 0 Å². The SMILES string of the molecule is COCC1=CC(c2ccc(F)cc2)=NC2=CCN(C(C)(C)C3CC3)N12. The molecular weight excluding hydrogens is 317 g/mol. The molecule has 0 unspecified atom stereocenters. The van der Waals surface area contributed by atoms with E-state index in [0.29, 0.717) is 6.61 Å². The summed E-state index contributed by atoms with van der Waals surface area (Å²) in [6.07, 6.45) is 6.80. The van der Waals surface area contributed by atoms with E-state index in [-0.39, 0.29) is 11.4 Å². The van der Waals surface area contributed by atoms with Crippen LogP contribution in [0.1, 0.15) is 32.3 Å². The van der Waals surface area contributed by atoms with Crippen LogP contribution in [0.3, 0.4) is 0 Å². The standard InChI is InChI=1S/C20H24FN3O/c1-20(2,15-6-7-15)23-11-10-19-22-18(12-17(13-25-3)24(19)23)14-4-8-16(21)9-5-14/h4-5,8-10,12,15H,6-7,11,13H2,1-3H3. The van der Waals surface area contributed by atoms with Gasteiger partial charge in [-0.05, 0) is 69.0 Å². The number of aliphatic imine (C=N–C) groups is 1. The van der Waals surface area contributed by atoms with E-state index in [4.69, 9.17) is 9.73 Å². The van der Waals surface area contributed by atoms with Gasteiger partial charge in [-0.15, -0.1) is 0 Å². The highest BCUT2D eigenvalue weighted by atomic mass is 19.1. The van der Waals surface area contributed by atoms with Gasteiger partial charge in [-0.3, -0.25) is 5.01 Å². The molecule has 5 heteroatoms. The molecule has 0 amide bonds. The van der Waals surface area contributed by atoms with E-state index in [1.165, 1.54) is 25.0 Å². The highest BCUT2D eigenvalue weighted by Crippen LogP contribution is 2.46.